The number of thioether (sulfide) groups is 1. The van der Waals surface area contributed by atoms with E-state index in [1.807, 2.05) is 13.0 Å². The van der Waals surface area contributed by atoms with Crippen molar-refractivity contribution in [3.05, 3.63) is 59.0 Å². The number of nitrogens with one attached hydrogen (secondary N) is 1. The van der Waals surface area contributed by atoms with E-state index < -0.39 is 17.6 Å². The van der Waals surface area contributed by atoms with Crippen molar-refractivity contribution in [3.8, 4) is 6.07 Å². The van der Waals surface area contributed by atoms with Crippen LogP contribution < -0.4 is 0 Å². The Balaban J connectivity index is 2.11. The van der Waals surface area contributed by atoms with Crippen molar-refractivity contribution in [2.45, 2.75) is 23.6 Å². The van der Waals surface area contributed by atoms with Gasteiger partial charge in [-0.2, -0.15) is 18.4 Å². The number of aryl methyl sites for hydroxylation is 1. The number of aromatic nitrogens is 3. The summed E-state index contributed by atoms with van der Waals surface area (Å²) in [6, 6.07) is 9.50. The van der Waals surface area contributed by atoms with Gasteiger partial charge in [0, 0.05) is 52.4 Å². The number of aromatic amines is 1. The molecule has 0 bridgehead atoms. The zero-order chi connectivity index (χ0) is 22.6. The van der Waals surface area contributed by atoms with E-state index in [2.05, 4.69) is 31.2 Å². The van der Waals surface area contributed by atoms with Crippen LogP contribution in [0.25, 0.3) is 21.9 Å². The molecule has 2 aromatic heterocycles. The topological polar surface area (TPSA) is 77.6 Å². The molecule has 2 heterocycles. The number of aliphatic hydroxyl groups is 1. The Morgan fingerprint density at radius 1 is 1.26 bits per heavy atom. The molecule has 4 rings (SSSR count). The predicted molar refractivity (Wildman–Crippen MR) is 125 cm³/mol. The second-order valence-electron chi connectivity index (χ2n) is 6.88. The number of fused-ring (bicyclic) bond motifs is 2. The van der Waals surface area contributed by atoms with Gasteiger partial charge in [-0.25, -0.2) is 4.98 Å². The molecule has 0 saturated carbocycles. The summed E-state index contributed by atoms with van der Waals surface area (Å²) in [6.07, 6.45) is -1.72. The highest BCUT2D eigenvalue weighted by Crippen LogP contribution is 2.50. The summed E-state index contributed by atoms with van der Waals surface area (Å²) in [5.74, 6) is -0.639. The van der Waals surface area contributed by atoms with E-state index in [1.165, 1.54) is 27.3 Å². The van der Waals surface area contributed by atoms with Crippen molar-refractivity contribution in [2.24, 2.45) is 0 Å². The smallest absolute Gasteiger partial charge is 0.370 e. The summed E-state index contributed by atoms with van der Waals surface area (Å²) in [5, 5.41) is 20.8. The van der Waals surface area contributed by atoms with Crippen molar-refractivity contribution >= 4 is 64.0 Å². The van der Waals surface area contributed by atoms with E-state index in [0.29, 0.717) is 15.8 Å². The van der Waals surface area contributed by atoms with Gasteiger partial charge < -0.3 is 10.1 Å². The maximum absolute atomic E-state index is 14.6. The van der Waals surface area contributed by atoms with Gasteiger partial charge in [0.05, 0.1) is 28.2 Å². The molecule has 31 heavy (non-hydrogen) atoms. The molecule has 160 valence electrons. The molecule has 0 spiro atoms. The van der Waals surface area contributed by atoms with Gasteiger partial charge in [-0.15, -0.1) is 11.8 Å². The summed E-state index contributed by atoms with van der Waals surface area (Å²) >= 11 is 3.18. The third-order valence-corrected chi connectivity index (χ3v) is 7.60. The van der Waals surface area contributed by atoms with Crippen LogP contribution in [0, 0.1) is 18.3 Å². The van der Waals surface area contributed by atoms with Crippen LogP contribution in [-0.4, -0.2) is 31.5 Å². The van der Waals surface area contributed by atoms with Crippen LogP contribution in [0.2, 0.25) is 0 Å². The van der Waals surface area contributed by atoms with E-state index in [1.54, 1.807) is 28.6 Å². The first-order valence-electron chi connectivity index (χ1n) is 8.83. The molecule has 0 aliphatic rings. The van der Waals surface area contributed by atoms with Crippen LogP contribution in [0.4, 0.5) is 13.2 Å². The molecule has 11 heteroatoms. The van der Waals surface area contributed by atoms with Crippen molar-refractivity contribution in [1.82, 2.24) is 13.9 Å². The fourth-order valence-corrected chi connectivity index (χ4v) is 5.87. The third kappa shape index (κ3) is 3.40. The van der Waals surface area contributed by atoms with Gasteiger partial charge in [0.2, 0.25) is 5.60 Å². The molecular weight excluding hydrogens is 560 g/mol. The van der Waals surface area contributed by atoms with Crippen molar-refractivity contribution in [2.75, 3.05) is 6.26 Å². The Kier molecular flexibility index (Phi) is 5.70. The molecule has 2 aromatic carbocycles. The van der Waals surface area contributed by atoms with Gasteiger partial charge in [0.15, 0.2) is 5.82 Å². The van der Waals surface area contributed by atoms with Gasteiger partial charge >= 0.3 is 6.18 Å². The predicted octanol–water partition coefficient (Wildman–Crippen LogP) is 6.06. The fourth-order valence-electron chi connectivity index (χ4n) is 3.71. The van der Waals surface area contributed by atoms with Crippen molar-refractivity contribution in [1.29, 1.82) is 5.26 Å². The number of nitriles is 1. The molecule has 2 N–H and O–H groups in total. The second-order valence-corrected chi connectivity index (χ2v) is 9.44. The molecule has 1 unspecified atom stereocenters. The van der Waals surface area contributed by atoms with Gasteiger partial charge in [-0.3, -0.25) is 3.97 Å². The monoisotopic (exact) mass is 574 g/mol. The van der Waals surface area contributed by atoms with Gasteiger partial charge in [-0.1, -0.05) is 0 Å². The normalized spacial score (nSPS) is 14.1. The highest BCUT2D eigenvalue weighted by atomic mass is 127. The molecule has 0 aliphatic carbocycles. The molecule has 4 aromatic rings. The van der Waals surface area contributed by atoms with Crippen molar-refractivity contribution < 1.29 is 18.3 Å². The molecule has 5 nitrogen and oxygen atoms in total. The first-order chi connectivity index (χ1) is 14.6. The maximum atomic E-state index is 14.6. The highest BCUT2D eigenvalue weighted by molar-refractivity contribution is 14.2. The fraction of sp³-hybridized carbons (Fsp3) is 0.200. The number of nitrogens with zero attached hydrogens (tertiary/aromatic N) is 3. The Morgan fingerprint density at radius 2 is 2.00 bits per heavy atom. The van der Waals surface area contributed by atoms with Crippen LogP contribution in [-0.2, 0) is 5.60 Å². The summed E-state index contributed by atoms with van der Waals surface area (Å²) < 4.78 is 45.6. The molecule has 0 fully saturated rings. The zero-order valence-corrected chi connectivity index (χ0v) is 19.9. The van der Waals surface area contributed by atoms with Gasteiger partial charge in [0.1, 0.15) is 0 Å². The zero-order valence-electron chi connectivity index (χ0n) is 16.1. The van der Waals surface area contributed by atoms with E-state index in [9.17, 15) is 18.3 Å². The average Bonchev–Trinajstić information content (AvgIpc) is 3.36. The minimum atomic E-state index is -5.06. The Morgan fingerprint density at radius 3 is 2.61 bits per heavy atom. The molecule has 0 radical (unpaired) electrons. The Hall–Kier alpha value is -1.88. The van der Waals surface area contributed by atoms with Gasteiger partial charge in [-0.05, 0) is 49.1 Å². The Bertz CT molecular complexity index is 1360. The van der Waals surface area contributed by atoms with Crippen LogP contribution in [0.5, 0.6) is 0 Å². The number of imidazole rings is 1. The first-order valence-corrected chi connectivity index (χ1v) is 13.4. The highest BCUT2D eigenvalue weighted by Gasteiger charge is 2.60. The van der Waals surface area contributed by atoms with Crippen LogP contribution >= 0.6 is 42.1 Å². The van der Waals surface area contributed by atoms with Crippen LogP contribution in [0.1, 0.15) is 22.5 Å². The number of hydrogen-bond donors (Lipinski definition) is 2. The lowest BCUT2D eigenvalue weighted by Gasteiger charge is -2.31. The quantitative estimate of drug-likeness (QED) is 0.229. The summed E-state index contributed by atoms with van der Waals surface area (Å²) in [6.45, 7) is 1.83. The maximum Gasteiger partial charge on any atom is 0.428 e. The molecule has 0 amide bonds. The third-order valence-electron chi connectivity index (χ3n) is 5.11. The lowest BCUT2D eigenvalue weighted by atomic mass is 9.88. The van der Waals surface area contributed by atoms with E-state index in [4.69, 9.17) is 5.26 Å². The number of hydrogen-bond acceptors (Lipinski definition) is 5. The first kappa shape index (κ1) is 22.3. The number of H-pyrrole nitrogens is 1. The van der Waals surface area contributed by atoms with Crippen molar-refractivity contribution in [3.63, 3.8) is 0 Å². The molecule has 0 aliphatic heterocycles. The van der Waals surface area contributed by atoms with Gasteiger partial charge in [0.25, 0.3) is 0 Å². The lowest BCUT2D eigenvalue weighted by Crippen LogP contribution is -2.45. The second kappa shape index (κ2) is 7.91. The standard InChI is InChI=1S/C20H14F3IN4OS2/c1-10-7-15(30-2)16(12-5-6-28(31-24)17(10)12)19(29,20(21,22)23)18-26-13-4-3-11(9-25)8-14(13)27-18/h3-8,29H,1-2H3,(H,26,27). The minimum Gasteiger partial charge on any atom is -0.370 e. The van der Waals surface area contributed by atoms with E-state index in [-0.39, 0.29) is 22.2 Å². The summed E-state index contributed by atoms with van der Waals surface area (Å²) in [7, 11) is 1.33. The van der Waals surface area contributed by atoms with E-state index in [0.717, 1.165) is 17.3 Å². The summed E-state index contributed by atoms with van der Waals surface area (Å²) in [4.78, 5) is 6.99. The Labute approximate surface area is 195 Å². The SMILES string of the molecule is CSc1cc(C)c2c(ccn2SI)c1C(O)(c1nc2ccc(C#N)cc2[nH]1)C(F)(F)F. The molecule has 0 saturated heterocycles. The van der Waals surface area contributed by atoms with E-state index >= 15 is 0 Å². The molecule has 1 atom stereocenters. The minimum absolute atomic E-state index is 0.228. The van der Waals surface area contributed by atoms with Crippen LogP contribution in [0.15, 0.2) is 41.4 Å². The number of benzene rings is 2. The largest absolute Gasteiger partial charge is 0.428 e. The lowest BCUT2D eigenvalue weighted by molar-refractivity contribution is -0.251. The average molecular weight is 574 g/mol. The molecular formula is C20H14F3IN4OS2. The number of halogens is 4. The number of alkyl halides is 3. The van der Waals surface area contributed by atoms with Crippen LogP contribution in [0.3, 0.4) is 0 Å². The summed E-state index contributed by atoms with van der Waals surface area (Å²) in [5.41, 5.74) is -1.51. The number of rotatable bonds is 4.